The summed E-state index contributed by atoms with van der Waals surface area (Å²) in [6, 6.07) is 9.73. The van der Waals surface area contributed by atoms with Gasteiger partial charge in [-0.2, -0.15) is 0 Å². The lowest BCUT2D eigenvalue weighted by Gasteiger charge is -2.46. The number of nitrogens with two attached hydrogens (primary N) is 1. The molecule has 4 heteroatoms. The topological polar surface area (TPSA) is 55.6 Å². The quantitative estimate of drug-likeness (QED) is 0.884. The van der Waals surface area contributed by atoms with E-state index in [4.69, 9.17) is 10.5 Å². The van der Waals surface area contributed by atoms with Crippen LogP contribution in [0.4, 0.5) is 4.79 Å². The van der Waals surface area contributed by atoms with Crippen LogP contribution in [0.2, 0.25) is 0 Å². The Bertz CT molecular complexity index is 476. The fraction of sp³-hybridized carbons (Fsp3) is 0.533. The minimum atomic E-state index is -0.240. The van der Waals surface area contributed by atoms with Gasteiger partial charge in [0.25, 0.3) is 0 Å². The zero-order valence-corrected chi connectivity index (χ0v) is 11.2. The van der Waals surface area contributed by atoms with Crippen LogP contribution in [0.1, 0.15) is 18.9 Å². The van der Waals surface area contributed by atoms with E-state index in [1.54, 1.807) is 4.90 Å². The third-order valence-corrected chi connectivity index (χ3v) is 4.49. The first-order valence-electron chi connectivity index (χ1n) is 6.83. The minimum Gasteiger partial charge on any atom is -0.445 e. The molecule has 1 saturated carbocycles. The molecule has 1 amide bonds. The maximum Gasteiger partial charge on any atom is 0.410 e. The summed E-state index contributed by atoms with van der Waals surface area (Å²) in [6.45, 7) is 3.91. The molecule has 3 rings (SSSR count). The number of amides is 1. The van der Waals surface area contributed by atoms with Gasteiger partial charge in [-0.15, -0.1) is 0 Å². The lowest BCUT2D eigenvalue weighted by Crippen LogP contribution is -2.59. The second kappa shape index (κ2) is 4.53. The molecular weight excluding hydrogens is 240 g/mol. The number of nitrogens with zero attached hydrogens (tertiary/aromatic N) is 1. The molecule has 19 heavy (non-hydrogen) atoms. The van der Waals surface area contributed by atoms with Gasteiger partial charge in [-0.3, -0.25) is 0 Å². The lowest BCUT2D eigenvalue weighted by atomic mass is 9.62. The molecule has 0 aromatic heterocycles. The number of ether oxygens (including phenoxy) is 1. The number of likely N-dealkylation sites (tertiary alicyclic amines) is 1. The third-order valence-electron chi connectivity index (χ3n) is 4.49. The number of hydrogen-bond donors (Lipinski definition) is 1. The molecule has 0 radical (unpaired) electrons. The van der Waals surface area contributed by atoms with Gasteiger partial charge in [0, 0.05) is 18.6 Å². The van der Waals surface area contributed by atoms with Gasteiger partial charge in [-0.1, -0.05) is 37.3 Å². The first-order chi connectivity index (χ1) is 9.08. The van der Waals surface area contributed by atoms with E-state index in [9.17, 15) is 4.79 Å². The van der Waals surface area contributed by atoms with Crippen LogP contribution in [0, 0.1) is 11.8 Å². The Kier molecular flexibility index (Phi) is 2.97. The zero-order chi connectivity index (χ0) is 13.5. The summed E-state index contributed by atoms with van der Waals surface area (Å²) in [6.07, 6.45) is 0.774. The van der Waals surface area contributed by atoms with Crippen molar-refractivity contribution in [3.05, 3.63) is 35.9 Å². The van der Waals surface area contributed by atoms with Gasteiger partial charge < -0.3 is 15.4 Å². The highest BCUT2D eigenvalue weighted by atomic mass is 16.6. The molecule has 2 aliphatic rings. The van der Waals surface area contributed by atoms with Crippen molar-refractivity contribution in [2.75, 3.05) is 13.1 Å². The van der Waals surface area contributed by atoms with Crippen molar-refractivity contribution in [1.82, 2.24) is 4.90 Å². The highest BCUT2D eigenvalue weighted by molar-refractivity contribution is 5.68. The molecule has 0 bridgehead atoms. The second-order valence-corrected chi connectivity index (χ2v) is 5.94. The summed E-state index contributed by atoms with van der Waals surface area (Å²) >= 11 is 0. The standard InChI is InChI=1S/C15H20N2O2/c1-11-7-15(16)10-17(8-13(11)15)14(18)19-9-12-5-3-2-4-6-12/h2-6,11,13H,7-10,16H2,1H3/t11-,13-,15+/m1/s1. The van der Waals surface area contributed by atoms with Gasteiger partial charge in [-0.25, -0.2) is 4.79 Å². The Morgan fingerprint density at radius 3 is 2.84 bits per heavy atom. The zero-order valence-electron chi connectivity index (χ0n) is 11.2. The van der Waals surface area contributed by atoms with Gasteiger partial charge in [0.15, 0.2) is 0 Å². The minimum absolute atomic E-state index is 0.162. The summed E-state index contributed by atoms with van der Waals surface area (Å²) in [7, 11) is 0. The van der Waals surface area contributed by atoms with Crippen molar-refractivity contribution in [2.45, 2.75) is 25.5 Å². The van der Waals surface area contributed by atoms with E-state index in [1.807, 2.05) is 30.3 Å². The van der Waals surface area contributed by atoms with Crippen LogP contribution in [0.15, 0.2) is 30.3 Å². The fourth-order valence-electron chi connectivity index (χ4n) is 3.45. The third kappa shape index (κ3) is 2.21. The summed E-state index contributed by atoms with van der Waals surface area (Å²) in [4.78, 5) is 13.8. The van der Waals surface area contributed by atoms with Crippen LogP contribution in [-0.4, -0.2) is 29.6 Å². The number of benzene rings is 1. The largest absolute Gasteiger partial charge is 0.445 e. The predicted molar refractivity (Wildman–Crippen MR) is 72.4 cm³/mol. The van der Waals surface area contributed by atoms with Gasteiger partial charge >= 0.3 is 6.09 Å². The molecule has 1 aromatic rings. The van der Waals surface area contributed by atoms with Gasteiger partial charge in [0.1, 0.15) is 6.61 Å². The van der Waals surface area contributed by atoms with Gasteiger partial charge in [0.05, 0.1) is 0 Å². The molecule has 1 saturated heterocycles. The predicted octanol–water partition coefficient (Wildman–Crippen LogP) is 1.99. The smallest absolute Gasteiger partial charge is 0.410 e. The van der Waals surface area contributed by atoms with E-state index in [0.29, 0.717) is 25.0 Å². The maximum atomic E-state index is 12.0. The molecule has 2 fully saturated rings. The normalized spacial score (nSPS) is 32.6. The van der Waals surface area contributed by atoms with Gasteiger partial charge in [-0.05, 0) is 23.8 Å². The Labute approximate surface area is 113 Å². The monoisotopic (exact) mass is 260 g/mol. The summed E-state index contributed by atoms with van der Waals surface area (Å²) in [5, 5.41) is 0. The molecule has 3 atom stereocenters. The molecule has 4 nitrogen and oxygen atoms in total. The maximum absolute atomic E-state index is 12.0. The second-order valence-electron chi connectivity index (χ2n) is 5.94. The molecule has 102 valence electrons. The number of carbonyl (C=O) groups excluding carboxylic acids is 1. The Morgan fingerprint density at radius 2 is 2.21 bits per heavy atom. The number of hydrogen-bond acceptors (Lipinski definition) is 3. The van der Waals surface area contributed by atoms with Gasteiger partial charge in [0.2, 0.25) is 0 Å². The number of carbonyl (C=O) groups is 1. The van der Waals surface area contributed by atoms with Crippen molar-refractivity contribution >= 4 is 6.09 Å². The Morgan fingerprint density at radius 1 is 1.47 bits per heavy atom. The van der Waals surface area contributed by atoms with E-state index in [-0.39, 0.29) is 11.6 Å². The Hall–Kier alpha value is -1.55. The first kappa shape index (κ1) is 12.5. The van der Waals surface area contributed by atoms with Crippen LogP contribution in [0.3, 0.4) is 0 Å². The van der Waals surface area contributed by atoms with E-state index in [0.717, 1.165) is 18.5 Å². The molecule has 1 heterocycles. The number of fused-ring (bicyclic) bond motifs is 1. The molecule has 0 unspecified atom stereocenters. The van der Waals surface area contributed by atoms with Crippen LogP contribution in [0.25, 0.3) is 0 Å². The SMILES string of the molecule is C[C@@H]1C[C@]2(N)CN(C(=O)OCc3ccccc3)C[C@H]12. The molecular formula is C15H20N2O2. The summed E-state index contributed by atoms with van der Waals surface area (Å²) in [5.41, 5.74) is 7.13. The van der Waals surface area contributed by atoms with E-state index in [2.05, 4.69) is 6.92 Å². The first-order valence-corrected chi connectivity index (χ1v) is 6.83. The number of rotatable bonds is 2. The van der Waals surface area contributed by atoms with E-state index < -0.39 is 0 Å². The fourth-order valence-corrected chi connectivity index (χ4v) is 3.45. The van der Waals surface area contributed by atoms with Crippen molar-refractivity contribution < 1.29 is 9.53 Å². The van der Waals surface area contributed by atoms with Crippen molar-refractivity contribution in [3.63, 3.8) is 0 Å². The van der Waals surface area contributed by atoms with Crippen molar-refractivity contribution in [2.24, 2.45) is 17.6 Å². The molecule has 0 spiro atoms. The van der Waals surface area contributed by atoms with Crippen LogP contribution in [0.5, 0.6) is 0 Å². The average molecular weight is 260 g/mol. The Balaban J connectivity index is 1.55. The van der Waals surface area contributed by atoms with E-state index >= 15 is 0 Å². The van der Waals surface area contributed by atoms with Crippen LogP contribution in [-0.2, 0) is 11.3 Å². The summed E-state index contributed by atoms with van der Waals surface area (Å²) < 4.78 is 5.35. The molecule has 1 aliphatic heterocycles. The average Bonchev–Trinajstić information content (AvgIpc) is 2.69. The van der Waals surface area contributed by atoms with Crippen LogP contribution < -0.4 is 5.73 Å². The van der Waals surface area contributed by atoms with Crippen molar-refractivity contribution in [1.29, 1.82) is 0 Å². The summed E-state index contributed by atoms with van der Waals surface area (Å²) in [5.74, 6) is 1.06. The van der Waals surface area contributed by atoms with E-state index in [1.165, 1.54) is 0 Å². The van der Waals surface area contributed by atoms with Crippen molar-refractivity contribution in [3.8, 4) is 0 Å². The molecule has 2 N–H and O–H groups in total. The highest BCUT2D eigenvalue weighted by Crippen LogP contribution is 2.47. The highest BCUT2D eigenvalue weighted by Gasteiger charge is 2.55. The lowest BCUT2D eigenvalue weighted by molar-refractivity contribution is 0.100. The molecule has 1 aromatic carbocycles. The van der Waals surface area contributed by atoms with Crippen LogP contribution >= 0.6 is 0 Å². The molecule has 1 aliphatic carbocycles.